The molecule has 2 rings (SSSR count). The Hall–Kier alpha value is -1.10. The first kappa shape index (κ1) is 12.4. The van der Waals surface area contributed by atoms with Gasteiger partial charge in [0.2, 0.25) is 0 Å². The minimum Gasteiger partial charge on any atom is -0.480 e. The topological polar surface area (TPSA) is 70.9 Å². The van der Waals surface area contributed by atoms with Gasteiger partial charge in [0.1, 0.15) is 11.6 Å². The number of aliphatic imine (C=N–C) groups is 1. The molecule has 2 aliphatic rings. The van der Waals surface area contributed by atoms with Gasteiger partial charge in [-0.2, -0.15) is 0 Å². The SMILES string of the molecule is CC1CC(C)(C)OC([C@@H]2CN[C@H](C(=O)O)C2)=N1. The largest absolute Gasteiger partial charge is 0.480 e. The number of nitrogens with zero attached hydrogens (tertiary/aromatic N) is 1. The standard InChI is InChI=1S/C12H20N2O3/c1-7-5-12(2,3)17-10(14-7)8-4-9(11(15)16)13-6-8/h7-9,13H,4-6H2,1-3H3,(H,15,16)/t7?,8-,9-/m0/s1. The van der Waals surface area contributed by atoms with Gasteiger partial charge in [-0.05, 0) is 27.2 Å². The summed E-state index contributed by atoms with van der Waals surface area (Å²) in [6, 6.07) is -0.218. The van der Waals surface area contributed by atoms with Crippen molar-refractivity contribution in [3.05, 3.63) is 0 Å². The van der Waals surface area contributed by atoms with E-state index in [4.69, 9.17) is 9.84 Å². The van der Waals surface area contributed by atoms with E-state index in [0.717, 1.165) is 12.3 Å². The summed E-state index contributed by atoms with van der Waals surface area (Å²) in [5, 5.41) is 11.9. The Kier molecular flexibility index (Phi) is 3.12. The van der Waals surface area contributed by atoms with E-state index in [-0.39, 0.29) is 17.6 Å². The molecule has 3 atom stereocenters. The lowest BCUT2D eigenvalue weighted by Gasteiger charge is -2.35. The van der Waals surface area contributed by atoms with E-state index in [1.165, 1.54) is 0 Å². The molecule has 0 spiro atoms. The van der Waals surface area contributed by atoms with Gasteiger partial charge < -0.3 is 15.2 Å². The van der Waals surface area contributed by atoms with E-state index in [1.54, 1.807) is 0 Å². The highest BCUT2D eigenvalue weighted by atomic mass is 16.5. The van der Waals surface area contributed by atoms with E-state index >= 15 is 0 Å². The molecule has 2 heterocycles. The van der Waals surface area contributed by atoms with Gasteiger partial charge >= 0.3 is 5.97 Å². The highest BCUT2D eigenvalue weighted by Gasteiger charge is 2.38. The first-order valence-corrected chi connectivity index (χ1v) is 6.10. The predicted octanol–water partition coefficient (Wildman–Crippen LogP) is 1.03. The van der Waals surface area contributed by atoms with Crippen molar-refractivity contribution in [1.29, 1.82) is 0 Å². The molecule has 2 aliphatic heterocycles. The Balaban J connectivity index is 2.06. The molecule has 0 aromatic rings. The number of carboxylic acid groups (broad SMARTS) is 1. The molecule has 0 aromatic carbocycles. The molecule has 0 amide bonds. The van der Waals surface area contributed by atoms with Gasteiger partial charge in [-0.3, -0.25) is 9.79 Å². The summed E-state index contributed by atoms with van der Waals surface area (Å²) in [6.45, 7) is 6.81. The van der Waals surface area contributed by atoms with Gasteiger partial charge in [-0.25, -0.2) is 0 Å². The zero-order valence-electron chi connectivity index (χ0n) is 10.6. The highest BCUT2D eigenvalue weighted by Crippen LogP contribution is 2.28. The third kappa shape index (κ3) is 2.77. The molecule has 5 nitrogen and oxygen atoms in total. The lowest BCUT2D eigenvalue weighted by atomic mass is 9.96. The van der Waals surface area contributed by atoms with Crippen molar-refractivity contribution < 1.29 is 14.6 Å². The first-order valence-electron chi connectivity index (χ1n) is 6.10. The Labute approximate surface area is 101 Å². The van der Waals surface area contributed by atoms with Crippen LogP contribution in [-0.4, -0.2) is 41.2 Å². The number of hydrogen-bond acceptors (Lipinski definition) is 4. The number of nitrogens with one attached hydrogen (secondary N) is 1. The van der Waals surface area contributed by atoms with Crippen LogP contribution in [0.15, 0.2) is 4.99 Å². The minimum absolute atomic E-state index is 0.0955. The molecule has 0 aliphatic carbocycles. The van der Waals surface area contributed by atoms with Crippen molar-refractivity contribution >= 4 is 11.9 Å². The normalized spacial score (nSPS) is 36.2. The lowest BCUT2D eigenvalue weighted by molar-refractivity contribution is -0.139. The summed E-state index contributed by atoms with van der Waals surface area (Å²) in [6.07, 6.45) is 1.47. The molecule has 96 valence electrons. The predicted molar refractivity (Wildman–Crippen MR) is 64.2 cm³/mol. The van der Waals surface area contributed by atoms with Crippen LogP contribution in [-0.2, 0) is 9.53 Å². The quantitative estimate of drug-likeness (QED) is 0.756. The molecule has 1 fully saturated rings. The maximum atomic E-state index is 10.9. The maximum absolute atomic E-state index is 10.9. The number of rotatable bonds is 2. The van der Waals surface area contributed by atoms with Gasteiger partial charge in [-0.1, -0.05) is 0 Å². The van der Waals surface area contributed by atoms with Gasteiger partial charge in [0.05, 0.1) is 6.04 Å². The van der Waals surface area contributed by atoms with E-state index < -0.39 is 12.0 Å². The van der Waals surface area contributed by atoms with Crippen LogP contribution in [0.25, 0.3) is 0 Å². The van der Waals surface area contributed by atoms with Crippen molar-refractivity contribution in [3.8, 4) is 0 Å². The molecule has 5 heteroatoms. The molecule has 0 bridgehead atoms. The van der Waals surface area contributed by atoms with Crippen LogP contribution in [0.4, 0.5) is 0 Å². The van der Waals surface area contributed by atoms with Crippen LogP contribution in [0.5, 0.6) is 0 Å². The van der Waals surface area contributed by atoms with Crippen molar-refractivity contribution in [3.63, 3.8) is 0 Å². The number of hydrogen-bond donors (Lipinski definition) is 2. The fourth-order valence-electron chi connectivity index (χ4n) is 2.63. The summed E-state index contributed by atoms with van der Waals surface area (Å²) in [7, 11) is 0. The van der Waals surface area contributed by atoms with E-state index in [0.29, 0.717) is 13.0 Å². The highest BCUT2D eigenvalue weighted by molar-refractivity contribution is 5.83. The molecule has 2 N–H and O–H groups in total. The molecule has 1 unspecified atom stereocenters. The second-order valence-electron chi connectivity index (χ2n) is 5.61. The summed E-state index contributed by atoms with van der Waals surface area (Å²) >= 11 is 0. The fraction of sp³-hybridized carbons (Fsp3) is 0.833. The van der Waals surface area contributed by atoms with Gasteiger partial charge in [-0.15, -0.1) is 0 Å². The summed E-state index contributed by atoms with van der Waals surface area (Å²) < 4.78 is 5.87. The summed E-state index contributed by atoms with van der Waals surface area (Å²) in [4.78, 5) is 15.4. The minimum atomic E-state index is -0.795. The number of carbonyl (C=O) groups is 1. The number of carboxylic acids is 1. The third-order valence-corrected chi connectivity index (χ3v) is 3.29. The molecule has 17 heavy (non-hydrogen) atoms. The van der Waals surface area contributed by atoms with Gasteiger partial charge in [0, 0.05) is 18.9 Å². The monoisotopic (exact) mass is 240 g/mol. The van der Waals surface area contributed by atoms with Gasteiger partial charge in [0.25, 0.3) is 0 Å². The van der Waals surface area contributed by atoms with Gasteiger partial charge in [0.15, 0.2) is 5.90 Å². The average Bonchev–Trinajstić information content (AvgIpc) is 2.62. The Morgan fingerprint density at radius 3 is 2.82 bits per heavy atom. The Morgan fingerprint density at radius 1 is 1.59 bits per heavy atom. The van der Waals surface area contributed by atoms with Crippen molar-refractivity contribution in [2.45, 2.75) is 51.3 Å². The summed E-state index contributed by atoms with van der Waals surface area (Å²) in [5.74, 6) is 0.0272. The van der Waals surface area contributed by atoms with Crippen LogP contribution >= 0.6 is 0 Å². The molecule has 1 saturated heterocycles. The average molecular weight is 240 g/mol. The summed E-state index contributed by atoms with van der Waals surface area (Å²) in [5.41, 5.74) is -0.197. The van der Waals surface area contributed by atoms with Crippen LogP contribution in [0, 0.1) is 5.92 Å². The fourth-order valence-corrected chi connectivity index (χ4v) is 2.63. The first-order chi connectivity index (χ1) is 7.87. The van der Waals surface area contributed by atoms with E-state index in [9.17, 15) is 4.79 Å². The lowest BCUT2D eigenvalue weighted by Crippen LogP contribution is -2.39. The van der Waals surface area contributed by atoms with Crippen molar-refractivity contribution in [2.24, 2.45) is 10.9 Å². The van der Waals surface area contributed by atoms with E-state index in [2.05, 4.69) is 31.1 Å². The second kappa shape index (κ2) is 4.29. The second-order valence-corrected chi connectivity index (χ2v) is 5.61. The zero-order valence-corrected chi connectivity index (χ0v) is 10.6. The Bertz CT molecular complexity index is 352. The zero-order chi connectivity index (χ0) is 12.6. The molecule has 0 aromatic heterocycles. The van der Waals surface area contributed by atoms with E-state index in [1.807, 2.05) is 0 Å². The van der Waals surface area contributed by atoms with Crippen molar-refractivity contribution in [2.75, 3.05) is 6.54 Å². The smallest absolute Gasteiger partial charge is 0.320 e. The van der Waals surface area contributed by atoms with Crippen LogP contribution in [0.1, 0.15) is 33.6 Å². The number of ether oxygens (including phenoxy) is 1. The third-order valence-electron chi connectivity index (χ3n) is 3.29. The van der Waals surface area contributed by atoms with Crippen molar-refractivity contribution in [1.82, 2.24) is 5.32 Å². The number of aliphatic carboxylic acids is 1. The molecule has 0 radical (unpaired) electrons. The molecule has 0 saturated carbocycles. The Morgan fingerprint density at radius 2 is 2.29 bits per heavy atom. The molecular formula is C12H20N2O3. The molecular weight excluding hydrogens is 220 g/mol. The van der Waals surface area contributed by atoms with Crippen LogP contribution in [0.2, 0.25) is 0 Å². The van der Waals surface area contributed by atoms with Crippen LogP contribution in [0.3, 0.4) is 0 Å². The van der Waals surface area contributed by atoms with Crippen LogP contribution < -0.4 is 5.32 Å². The maximum Gasteiger partial charge on any atom is 0.320 e.